The van der Waals surface area contributed by atoms with Gasteiger partial charge in [-0.1, -0.05) is 53.4 Å². The number of hydrogen-bond acceptors (Lipinski definition) is 6. The van der Waals surface area contributed by atoms with Crippen LogP contribution >= 0.6 is 35.3 Å². The Hall–Kier alpha value is -2.47. The topological polar surface area (TPSA) is 70.7 Å². The van der Waals surface area contributed by atoms with Crippen molar-refractivity contribution in [2.75, 3.05) is 11.1 Å². The van der Waals surface area contributed by atoms with Crippen LogP contribution in [-0.4, -0.2) is 21.4 Å². The monoisotopic (exact) mass is 384 g/mol. The summed E-state index contributed by atoms with van der Waals surface area (Å²) in [5, 5.41) is 16.3. The van der Waals surface area contributed by atoms with Crippen LogP contribution in [0.5, 0.6) is 0 Å². The fourth-order valence-corrected chi connectivity index (χ4v) is 4.22. The maximum Gasteiger partial charge on any atom is 0.234 e. The fraction of sp³-hybridized carbons (Fsp3) is 0.0588. The van der Waals surface area contributed by atoms with Crippen molar-refractivity contribution in [2.24, 2.45) is 0 Å². The SMILES string of the molecule is N#Cc1ccccc1NC(=O)CSc1nn(-c2ccccc2)c(=S)s1. The lowest BCUT2D eigenvalue weighted by Crippen LogP contribution is -2.14. The van der Waals surface area contributed by atoms with Crippen molar-refractivity contribution in [3.63, 3.8) is 0 Å². The molecule has 0 bridgehead atoms. The summed E-state index contributed by atoms with van der Waals surface area (Å²) in [5.74, 6) is -0.00306. The zero-order valence-corrected chi connectivity index (χ0v) is 15.3. The number of nitrogens with zero attached hydrogens (tertiary/aromatic N) is 3. The number of para-hydroxylation sites is 2. The summed E-state index contributed by atoms with van der Waals surface area (Å²) >= 11 is 8.02. The van der Waals surface area contributed by atoms with Crippen LogP contribution in [0.3, 0.4) is 0 Å². The second-order valence-electron chi connectivity index (χ2n) is 4.88. The summed E-state index contributed by atoms with van der Waals surface area (Å²) < 4.78 is 3.03. The maximum atomic E-state index is 12.1. The molecule has 124 valence electrons. The van der Waals surface area contributed by atoms with E-state index in [0.717, 1.165) is 10.0 Å². The average molecular weight is 385 g/mol. The van der Waals surface area contributed by atoms with E-state index in [1.807, 2.05) is 30.3 Å². The summed E-state index contributed by atoms with van der Waals surface area (Å²) in [6.45, 7) is 0. The van der Waals surface area contributed by atoms with Crippen LogP contribution in [0.25, 0.3) is 5.69 Å². The van der Waals surface area contributed by atoms with Crippen LogP contribution in [0.2, 0.25) is 0 Å². The molecule has 0 radical (unpaired) electrons. The van der Waals surface area contributed by atoms with E-state index < -0.39 is 0 Å². The smallest absolute Gasteiger partial charge is 0.234 e. The maximum absolute atomic E-state index is 12.1. The Morgan fingerprint density at radius 2 is 1.96 bits per heavy atom. The molecule has 1 amide bonds. The molecule has 0 spiro atoms. The molecule has 0 fully saturated rings. The lowest BCUT2D eigenvalue weighted by atomic mass is 10.2. The number of hydrogen-bond donors (Lipinski definition) is 1. The Bertz CT molecular complexity index is 989. The average Bonchev–Trinajstić information content (AvgIpc) is 3.02. The van der Waals surface area contributed by atoms with Crippen LogP contribution in [-0.2, 0) is 4.79 Å². The van der Waals surface area contributed by atoms with Crippen LogP contribution in [0.1, 0.15) is 5.56 Å². The van der Waals surface area contributed by atoms with Crippen LogP contribution in [0, 0.1) is 15.3 Å². The Balaban J connectivity index is 1.65. The van der Waals surface area contributed by atoms with E-state index in [1.54, 1.807) is 28.9 Å². The second-order valence-corrected chi connectivity index (χ2v) is 7.72. The molecule has 0 saturated heterocycles. The molecule has 0 unspecified atom stereocenters. The van der Waals surface area contributed by atoms with Gasteiger partial charge in [-0.3, -0.25) is 4.79 Å². The molecule has 8 heteroatoms. The molecule has 5 nitrogen and oxygen atoms in total. The molecule has 1 aromatic heterocycles. The highest BCUT2D eigenvalue weighted by atomic mass is 32.2. The van der Waals surface area contributed by atoms with E-state index in [1.165, 1.54) is 23.1 Å². The van der Waals surface area contributed by atoms with Crippen LogP contribution in [0.15, 0.2) is 58.9 Å². The first-order valence-electron chi connectivity index (χ1n) is 7.25. The summed E-state index contributed by atoms with van der Waals surface area (Å²) in [6, 6.07) is 18.6. The normalized spacial score (nSPS) is 10.2. The van der Waals surface area contributed by atoms with Crippen molar-refractivity contribution in [3.8, 4) is 11.8 Å². The van der Waals surface area contributed by atoms with Crippen molar-refractivity contribution in [3.05, 3.63) is 64.1 Å². The molecular weight excluding hydrogens is 372 g/mol. The lowest BCUT2D eigenvalue weighted by Gasteiger charge is -2.05. The number of carbonyl (C=O) groups is 1. The van der Waals surface area contributed by atoms with Crippen LogP contribution in [0.4, 0.5) is 5.69 Å². The zero-order chi connectivity index (χ0) is 17.6. The highest BCUT2D eigenvalue weighted by Crippen LogP contribution is 2.24. The standard InChI is InChI=1S/C17H12N4OS3/c18-10-12-6-4-5-9-14(12)19-15(22)11-24-16-20-21(17(23)25-16)13-7-2-1-3-8-13/h1-9H,11H2,(H,19,22). The van der Waals surface area contributed by atoms with Gasteiger partial charge in [0.05, 0.1) is 22.7 Å². The molecular formula is C17H12N4OS3. The Kier molecular flexibility index (Phi) is 5.60. The summed E-state index contributed by atoms with van der Waals surface area (Å²) in [7, 11) is 0. The molecule has 0 aliphatic carbocycles. The van der Waals surface area contributed by atoms with E-state index in [4.69, 9.17) is 17.5 Å². The molecule has 3 rings (SSSR count). The van der Waals surface area contributed by atoms with E-state index in [-0.39, 0.29) is 11.7 Å². The fourth-order valence-electron chi connectivity index (χ4n) is 2.05. The number of nitriles is 1. The minimum absolute atomic E-state index is 0.191. The molecule has 1 N–H and O–H groups in total. The van der Waals surface area contributed by atoms with Crippen molar-refractivity contribution < 1.29 is 4.79 Å². The summed E-state index contributed by atoms with van der Waals surface area (Å²) in [5.41, 5.74) is 1.84. The van der Waals surface area contributed by atoms with Crippen LogP contribution < -0.4 is 5.32 Å². The second kappa shape index (κ2) is 8.07. The molecule has 1 heterocycles. The number of thioether (sulfide) groups is 1. The summed E-state index contributed by atoms with van der Waals surface area (Å²) in [6.07, 6.45) is 0. The number of rotatable bonds is 5. The van der Waals surface area contributed by atoms with Gasteiger partial charge in [0.15, 0.2) is 8.29 Å². The number of benzene rings is 2. The number of nitrogens with one attached hydrogen (secondary N) is 1. The van der Waals surface area contributed by atoms with Gasteiger partial charge in [0.25, 0.3) is 0 Å². The molecule has 0 saturated carbocycles. The van der Waals surface area contributed by atoms with Gasteiger partial charge in [0.1, 0.15) is 6.07 Å². The van der Waals surface area contributed by atoms with Crippen molar-refractivity contribution >= 4 is 46.9 Å². The molecule has 0 aliphatic heterocycles. The number of amides is 1. The van der Waals surface area contributed by atoms with Gasteiger partial charge in [-0.15, -0.1) is 5.10 Å². The first-order valence-corrected chi connectivity index (χ1v) is 9.46. The largest absolute Gasteiger partial charge is 0.324 e. The molecule has 2 aromatic carbocycles. The van der Waals surface area contributed by atoms with Gasteiger partial charge in [-0.05, 0) is 36.5 Å². The molecule has 0 aliphatic rings. The van der Waals surface area contributed by atoms with Crippen molar-refractivity contribution in [1.82, 2.24) is 9.78 Å². The van der Waals surface area contributed by atoms with Gasteiger partial charge in [0, 0.05) is 0 Å². The number of carbonyl (C=O) groups excluding carboxylic acids is 1. The predicted octanol–water partition coefficient (Wildman–Crippen LogP) is 4.27. The first kappa shape index (κ1) is 17.4. The highest BCUT2D eigenvalue weighted by molar-refractivity contribution is 8.01. The van der Waals surface area contributed by atoms with Gasteiger partial charge >= 0.3 is 0 Å². The third-order valence-electron chi connectivity index (χ3n) is 3.18. The van der Waals surface area contributed by atoms with Gasteiger partial charge in [-0.2, -0.15) is 5.26 Å². The van der Waals surface area contributed by atoms with E-state index in [2.05, 4.69) is 16.5 Å². The van der Waals surface area contributed by atoms with Gasteiger partial charge in [0.2, 0.25) is 5.91 Å². The minimum Gasteiger partial charge on any atom is -0.324 e. The Morgan fingerprint density at radius 1 is 1.24 bits per heavy atom. The minimum atomic E-state index is -0.194. The van der Waals surface area contributed by atoms with E-state index in [0.29, 0.717) is 15.2 Å². The first-order chi connectivity index (χ1) is 12.2. The zero-order valence-electron chi connectivity index (χ0n) is 12.9. The number of aromatic nitrogens is 2. The third-order valence-corrected chi connectivity index (χ3v) is 5.54. The quantitative estimate of drug-likeness (QED) is 0.525. The molecule has 25 heavy (non-hydrogen) atoms. The molecule has 0 atom stereocenters. The van der Waals surface area contributed by atoms with E-state index >= 15 is 0 Å². The Morgan fingerprint density at radius 3 is 2.72 bits per heavy atom. The number of anilines is 1. The predicted molar refractivity (Wildman–Crippen MR) is 103 cm³/mol. The third kappa shape index (κ3) is 4.33. The van der Waals surface area contributed by atoms with Crippen molar-refractivity contribution in [1.29, 1.82) is 5.26 Å². The summed E-state index contributed by atoms with van der Waals surface area (Å²) in [4.78, 5) is 12.1. The highest BCUT2D eigenvalue weighted by Gasteiger charge is 2.10. The van der Waals surface area contributed by atoms with E-state index in [9.17, 15) is 4.79 Å². The Labute approximate surface area is 157 Å². The lowest BCUT2D eigenvalue weighted by molar-refractivity contribution is -0.113. The van der Waals surface area contributed by atoms with Gasteiger partial charge in [-0.25, -0.2) is 4.68 Å². The van der Waals surface area contributed by atoms with Gasteiger partial charge < -0.3 is 5.32 Å². The van der Waals surface area contributed by atoms with Crippen molar-refractivity contribution in [2.45, 2.75) is 4.34 Å². The molecule has 3 aromatic rings.